The highest BCUT2D eigenvalue weighted by atomic mass is 79.9. The number of hydrogen-bond acceptors (Lipinski definition) is 4. The van der Waals surface area contributed by atoms with Crippen molar-refractivity contribution >= 4 is 55.7 Å². The molecule has 0 saturated heterocycles. The molecule has 20 heavy (non-hydrogen) atoms. The van der Waals surface area contributed by atoms with E-state index in [0.717, 1.165) is 14.4 Å². The van der Waals surface area contributed by atoms with Gasteiger partial charge in [0.25, 0.3) is 0 Å². The summed E-state index contributed by atoms with van der Waals surface area (Å²) in [6.07, 6.45) is 3.32. The first-order valence-electron chi connectivity index (χ1n) is 6.05. The van der Waals surface area contributed by atoms with Crippen LogP contribution in [0, 0.1) is 0 Å². The van der Waals surface area contributed by atoms with Crippen molar-refractivity contribution in [1.29, 1.82) is 0 Å². The van der Waals surface area contributed by atoms with Gasteiger partial charge in [-0.25, -0.2) is 4.98 Å². The summed E-state index contributed by atoms with van der Waals surface area (Å²) in [5, 5.41) is 5.40. The van der Waals surface area contributed by atoms with Crippen molar-refractivity contribution in [3.05, 3.63) is 37.9 Å². The molecule has 0 spiro atoms. The minimum atomic E-state index is -0.163. The SMILES string of the molecule is CC(C)(C)c1csc(NC(=O)/C=C/c2ccc(Br)s2)n1. The van der Waals surface area contributed by atoms with Crippen LogP contribution < -0.4 is 5.32 Å². The Labute approximate surface area is 134 Å². The van der Waals surface area contributed by atoms with E-state index in [2.05, 4.69) is 47.0 Å². The fourth-order valence-electron chi connectivity index (χ4n) is 1.40. The second-order valence-corrected chi connectivity index (χ2v) is 8.61. The van der Waals surface area contributed by atoms with Gasteiger partial charge in [0.2, 0.25) is 5.91 Å². The number of anilines is 1. The summed E-state index contributed by atoms with van der Waals surface area (Å²) in [5.41, 5.74) is 0.988. The molecule has 0 saturated carbocycles. The maximum Gasteiger partial charge on any atom is 0.250 e. The highest BCUT2D eigenvalue weighted by Gasteiger charge is 2.17. The van der Waals surface area contributed by atoms with E-state index in [1.54, 1.807) is 17.4 Å². The van der Waals surface area contributed by atoms with Crippen molar-refractivity contribution < 1.29 is 4.79 Å². The summed E-state index contributed by atoms with van der Waals surface area (Å²) in [5.74, 6) is -0.163. The third-order valence-corrected chi connectivity index (χ3v) is 4.84. The second-order valence-electron chi connectivity index (χ2n) is 5.25. The van der Waals surface area contributed by atoms with E-state index < -0.39 is 0 Å². The van der Waals surface area contributed by atoms with E-state index >= 15 is 0 Å². The molecule has 1 amide bonds. The maximum absolute atomic E-state index is 11.8. The first kappa shape index (κ1) is 15.4. The van der Waals surface area contributed by atoms with Crippen LogP contribution in [0.1, 0.15) is 31.3 Å². The molecule has 0 aromatic carbocycles. The summed E-state index contributed by atoms with van der Waals surface area (Å²) < 4.78 is 1.05. The van der Waals surface area contributed by atoms with Crippen molar-refractivity contribution in [2.75, 3.05) is 5.32 Å². The van der Waals surface area contributed by atoms with E-state index in [0.29, 0.717) is 5.13 Å². The van der Waals surface area contributed by atoms with Crippen LogP contribution in [0.15, 0.2) is 27.4 Å². The molecule has 0 fully saturated rings. The lowest BCUT2D eigenvalue weighted by atomic mass is 9.93. The van der Waals surface area contributed by atoms with Gasteiger partial charge in [-0.3, -0.25) is 10.1 Å². The van der Waals surface area contributed by atoms with Crippen LogP contribution in [0.3, 0.4) is 0 Å². The Kier molecular flexibility index (Phi) is 4.78. The predicted molar refractivity (Wildman–Crippen MR) is 90.5 cm³/mol. The van der Waals surface area contributed by atoms with E-state index in [4.69, 9.17) is 0 Å². The molecule has 0 radical (unpaired) electrons. The Morgan fingerprint density at radius 1 is 1.40 bits per heavy atom. The Hall–Kier alpha value is -0.980. The molecule has 106 valence electrons. The van der Waals surface area contributed by atoms with Crippen LogP contribution in [0.25, 0.3) is 6.08 Å². The van der Waals surface area contributed by atoms with E-state index in [9.17, 15) is 4.79 Å². The first-order valence-corrected chi connectivity index (χ1v) is 8.54. The molecule has 2 heterocycles. The highest BCUT2D eigenvalue weighted by Crippen LogP contribution is 2.26. The van der Waals surface area contributed by atoms with Gasteiger partial charge in [-0.05, 0) is 34.1 Å². The van der Waals surface area contributed by atoms with E-state index in [-0.39, 0.29) is 11.3 Å². The van der Waals surface area contributed by atoms with Crippen molar-refractivity contribution in [2.45, 2.75) is 26.2 Å². The summed E-state index contributed by atoms with van der Waals surface area (Å²) in [4.78, 5) is 17.3. The standard InChI is InChI=1S/C14H15BrN2OS2/c1-14(2,3)10-8-19-13(16-10)17-12(18)7-5-9-4-6-11(15)20-9/h4-8H,1-3H3,(H,16,17,18)/b7-5+. The third kappa shape index (κ3) is 4.26. The quantitative estimate of drug-likeness (QED) is 0.779. The zero-order valence-corrected chi connectivity index (χ0v) is 14.7. The maximum atomic E-state index is 11.8. The van der Waals surface area contributed by atoms with Gasteiger partial charge >= 0.3 is 0 Å². The minimum absolute atomic E-state index is 0.00143. The Morgan fingerprint density at radius 3 is 2.70 bits per heavy atom. The molecule has 0 aliphatic rings. The topological polar surface area (TPSA) is 42.0 Å². The fourth-order valence-corrected chi connectivity index (χ4v) is 3.66. The van der Waals surface area contributed by atoms with Crippen LogP contribution in [-0.4, -0.2) is 10.9 Å². The van der Waals surface area contributed by atoms with Crippen LogP contribution in [-0.2, 0) is 10.2 Å². The zero-order valence-electron chi connectivity index (χ0n) is 11.4. The average molecular weight is 371 g/mol. The number of thiophene rings is 1. The van der Waals surface area contributed by atoms with Crippen molar-refractivity contribution in [2.24, 2.45) is 0 Å². The number of aromatic nitrogens is 1. The van der Waals surface area contributed by atoms with E-state index in [1.807, 2.05) is 17.5 Å². The smallest absolute Gasteiger partial charge is 0.250 e. The lowest BCUT2D eigenvalue weighted by Gasteiger charge is -2.14. The van der Waals surface area contributed by atoms with Gasteiger partial charge in [0, 0.05) is 21.7 Å². The van der Waals surface area contributed by atoms with E-state index in [1.165, 1.54) is 17.4 Å². The monoisotopic (exact) mass is 370 g/mol. The lowest BCUT2D eigenvalue weighted by Crippen LogP contribution is -2.12. The number of hydrogen-bond donors (Lipinski definition) is 1. The molecular formula is C14H15BrN2OS2. The number of halogens is 1. The van der Waals surface area contributed by atoms with Gasteiger partial charge < -0.3 is 0 Å². The van der Waals surface area contributed by atoms with Crippen molar-refractivity contribution in [1.82, 2.24) is 4.98 Å². The molecule has 6 heteroatoms. The van der Waals surface area contributed by atoms with Crippen LogP contribution in [0.2, 0.25) is 0 Å². The van der Waals surface area contributed by atoms with Crippen LogP contribution in [0.4, 0.5) is 5.13 Å². The summed E-state index contributed by atoms with van der Waals surface area (Å²) >= 11 is 6.42. The zero-order chi connectivity index (χ0) is 14.8. The molecule has 0 unspecified atom stereocenters. The number of carbonyl (C=O) groups excluding carboxylic acids is 1. The lowest BCUT2D eigenvalue weighted by molar-refractivity contribution is -0.111. The predicted octanol–water partition coefficient (Wildman–Crippen LogP) is 4.92. The Bertz CT molecular complexity index is 638. The normalized spacial score (nSPS) is 12.0. The van der Waals surface area contributed by atoms with Gasteiger partial charge in [0.1, 0.15) is 0 Å². The van der Waals surface area contributed by atoms with Gasteiger partial charge in [-0.2, -0.15) is 0 Å². The number of nitrogens with one attached hydrogen (secondary N) is 1. The Balaban J connectivity index is 1.98. The molecule has 0 atom stereocenters. The number of carbonyl (C=O) groups is 1. The van der Waals surface area contributed by atoms with Crippen LogP contribution >= 0.6 is 38.6 Å². The summed E-state index contributed by atoms with van der Waals surface area (Å²) in [6.45, 7) is 6.30. The molecule has 0 aliphatic carbocycles. The number of amides is 1. The number of thiazole rings is 1. The molecule has 0 aliphatic heterocycles. The van der Waals surface area contributed by atoms with Crippen LogP contribution in [0.5, 0.6) is 0 Å². The number of rotatable bonds is 3. The molecule has 2 aromatic rings. The molecule has 0 bridgehead atoms. The molecule has 3 nitrogen and oxygen atoms in total. The third-order valence-electron chi connectivity index (χ3n) is 2.50. The Morgan fingerprint density at radius 2 is 2.15 bits per heavy atom. The minimum Gasteiger partial charge on any atom is -0.298 e. The number of nitrogens with zero attached hydrogens (tertiary/aromatic N) is 1. The largest absolute Gasteiger partial charge is 0.298 e. The highest BCUT2D eigenvalue weighted by molar-refractivity contribution is 9.11. The van der Waals surface area contributed by atoms with Crippen molar-refractivity contribution in [3.8, 4) is 0 Å². The molecule has 1 N–H and O–H groups in total. The molecule has 2 rings (SSSR count). The molecular weight excluding hydrogens is 356 g/mol. The fraction of sp³-hybridized carbons (Fsp3) is 0.286. The first-order chi connectivity index (χ1) is 9.34. The summed E-state index contributed by atoms with van der Waals surface area (Å²) in [7, 11) is 0. The second kappa shape index (κ2) is 6.20. The van der Waals surface area contributed by atoms with Gasteiger partial charge in [-0.1, -0.05) is 20.8 Å². The van der Waals surface area contributed by atoms with Crippen molar-refractivity contribution in [3.63, 3.8) is 0 Å². The van der Waals surface area contributed by atoms with Gasteiger partial charge in [0.05, 0.1) is 9.48 Å². The van der Waals surface area contributed by atoms with Gasteiger partial charge in [0.15, 0.2) is 5.13 Å². The summed E-state index contributed by atoms with van der Waals surface area (Å²) in [6, 6.07) is 3.91. The molecule has 2 aromatic heterocycles. The van der Waals surface area contributed by atoms with Gasteiger partial charge in [-0.15, -0.1) is 22.7 Å². The average Bonchev–Trinajstić information content (AvgIpc) is 2.95.